The fourth-order valence-electron chi connectivity index (χ4n) is 1.80. The Morgan fingerprint density at radius 3 is 2.73 bits per heavy atom. The van der Waals surface area contributed by atoms with Gasteiger partial charge in [0.15, 0.2) is 0 Å². The third kappa shape index (κ3) is 1.73. The van der Waals surface area contributed by atoms with Crippen LogP contribution in [0.4, 0.5) is 0 Å². The van der Waals surface area contributed by atoms with Gasteiger partial charge in [-0.1, -0.05) is 18.2 Å². The molecule has 1 aromatic carbocycles. The number of pyridine rings is 1. The number of hydrogen-bond acceptors (Lipinski definition) is 2. The molecule has 1 N–H and O–H groups in total. The topological polar surface area (TPSA) is 24.9 Å². The van der Waals surface area contributed by atoms with Crippen LogP contribution in [0.1, 0.15) is 19.4 Å². The van der Waals surface area contributed by atoms with Crippen LogP contribution in [0.15, 0.2) is 36.7 Å². The lowest BCUT2D eigenvalue weighted by atomic mass is 9.90. The molecule has 0 aliphatic carbocycles. The Morgan fingerprint density at radius 2 is 2.00 bits per heavy atom. The first-order chi connectivity index (χ1) is 7.15. The second-order valence-corrected chi connectivity index (χ2v) is 4.28. The van der Waals surface area contributed by atoms with Crippen molar-refractivity contribution in [2.24, 2.45) is 0 Å². The van der Waals surface area contributed by atoms with Gasteiger partial charge < -0.3 is 5.32 Å². The summed E-state index contributed by atoms with van der Waals surface area (Å²) in [5.41, 5.74) is 1.30. The van der Waals surface area contributed by atoms with Crippen LogP contribution in [0.5, 0.6) is 0 Å². The molecule has 0 aliphatic heterocycles. The van der Waals surface area contributed by atoms with Crippen molar-refractivity contribution >= 4 is 10.8 Å². The van der Waals surface area contributed by atoms with E-state index in [9.17, 15) is 0 Å². The average Bonchev–Trinajstić information content (AvgIpc) is 2.28. The van der Waals surface area contributed by atoms with Crippen LogP contribution in [0.2, 0.25) is 0 Å². The second kappa shape index (κ2) is 3.63. The van der Waals surface area contributed by atoms with Gasteiger partial charge in [-0.3, -0.25) is 4.98 Å². The van der Waals surface area contributed by atoms with Crippen LogP contribution in [-0.4, -0.2) is 12.0 Å². The van der Waals surface area contributed by atoms with E-state index in [1.807, 2.05) is 19.4 Å². The zero-order valence-electron chi connectivity index (χ0n) is 9.41. The number of nitrogens with one attached hydrogen (secondary N) is 1. The average molecular weight is 200 g/mol. The van der Waals surface area contributed by atoms with Crippen molar-refractivity contribution in [2.45, 2.75) is 19.4 Å². The Balaban J connectivity index is 2.71. The van der Waals surface area contributed by atoms with Crippen molar-refractivity contribution < 1.29 is 0 Å². The van der Waals surface area contributed by atoms with E-state index < -0.39 is 0 Å². The molecule has 2 aromatic rings. The van der Waals surface area contributed by atoms with E-state index in [4.69, 9.17) is 0 Å². The van der Waals surface area contributed by atoms with Gasteiger partial charge in [0.05, 0.1) is 0 Å². The lowest BCUT2D eigenvalue weighted by molar-refractivity contribution is 0.448. The van der Waals surface area contributed by atoms with Crippen LogP contribution < -0.4 is 5.32 Å². The third-order valence-corrected chi connectivity index (χ3v) is 2.98. The molecular formula is C13H16N2. The summed E-state index contributed by atoms with van der Waals surface area (Å²) in [6.07, 6.45) is 3.75. The Bertz CT molecular complexity index is 469. The molecule has 15 heavy (non-hydrogen) atoms. The first kappa shape index (κ1) is 10.1. The summed E-state index contributed by atoms with van der Waals surface area (Å²) in [7, 11) is 1.99. The summed E-state index contributed by atoms with van der Waals surface area (Å²) in [4.78, 5) is 4.14. The largest absolute Gasteiger partial charge is 0.311 e. The van der Waals surface area contributed by atoms with E-state index in [1.165, 1.54) is 16.3 Å². The zero-order chi connectivity index (χ0) is 10.9. The molecule has 0 bridgehead atoms. The van der Waals surface area contributed by atoms with E-state index in [0.29, 0.717) is 0 Å². The molecule has 0 saturated heterocycles. The maximum Gasteiger partial charge on any atom is 0.0381 e. The molecule has 0 spiro atoms. The fraction of sp³-hybridized carbons (Fsp3) is 0.308. The highest BCUT2D eigenvalue weighted by molar-refractivity contribution is 5.85. The summed E-state index contributed by atoms with van der Waals surface area (Å²) >= 11 is 0. The maximum atomic E-state index is 4.14. The van der Waals surface area contributed by atoms with E-state index >= 15 is 0 Å². The second-order valence-electron chi connectivity index (χ2n) is 4.28. The molecular weight excluding hydrogens is 184 g/mol. The van der Waals surface area contributed by atoms with Gasteiger partial charge in [-0.2, -0.15) is 0 Å². The standard InChI is InChI=1S/C13H16N2/c1-13(2,14-3)12-6-4-5-10-9-15-8-7-11(10)12/h4-9,14H,1-3H3. The maximum absolute atomic E-state index is 4.14. The van der Waals surface area contributed by atoms with Crippen LogP contribution in [0.25, 0.3) is 10.8 Å². The third-order valence-electron chi connectivity index (χ3n) is 2.98. The SMILES string of the molecule is CNC(C)(C)c1cccc2cnccc12. The van der Waals surface area contributed by atoms with Gasteiger partial charge in [0.2, 0.25) is 0 Å². The molecule has 1 aromatic heterocycles. The highest BCUT2D eigenvalue weighted by Crippen LogP contribution is 2.27. The van der Waals surface area contributed by atoms with Gasteiger partial charge in [-0.15, -0.1) is 0 Å². The van der Waals surface area contributed by atoms with Crippen molar-refractivity contribution in [1.29, 1.82) is 0 Å². The van der Waals surface area contributed by atoms with Crippen molar-refractivity contribution in [3.05, 3.63) is 42.2 Å². The summed E-state index contributed by atoms with van der Waals surface area (Å²) in [5, 5.41) is 5.79. The predicted molar refractivity (Wildman–Crippen MR) is 63.8 cm³/mol. The van der Waals surface area contributed by atoms with E-state index in [-0.39, 0.29) is 5.54 Å². The van der Waals surface area contributed by atoms with Crippen LogP contribution in [0, 0.1) is 0 Å². The van der Waals surface area contributed by atoms with Gasteiger partial charge in [0.25, 0.3) is 0 Å². The van der Waals surface area contributed by atoms with Crippen LogP contribution in [0.3, 0.4) is 0 Å². The molecule has 2 rings (SSSR count). The molecule has 0 amide bonds. The first-order valence-corrected chi connectivity index (χ1v) is 5.17. The number of fused-ring (bicyclic) bond motifs is 1. The first-order valence-electron chi connectivity index (χ1n) is 5.17. The Labute approximate surface area is 90.3 Å². The minimum Gasteiger partial charge on any atom is -0.311 e. The highest BCUT2D eigenvalue weighted by atomic mass is 14.9. The van der Waals surface area contributed by atoms with Crippen LogP contribution in [-0.2, 0) is 5.54 Å². The normalized spacial score (nSPS) is 11.9. The monoisotopic (exact) mass is 200 g/mol. The van der Waals surface area contributed by atoms with Crippen molar-refractivity contribution in [3.8, 4) is 0 Å². The predicted octanol–water partition coefficient (Wildman–Crippen LogP) is 2.69. The molecule has 0 radical (unpaired) electrons. The quantitative estimate of drug-likeness (QED) is 0.806. The van der Waals surface area contributed by atoms with Gasteiger partial charge in [0, 0.05) is 23.3 Å². The minimum absolute atomic E-state index is 0.0130. The lowest BCUT2D eigenvalue weighted by Crippen LogP contribution is -2.33. The molecule has 0 saturated carbocycles. The van der Waals surface area contributed by atoms with Crippen LogP contribution >= 0.6 is 0 Å². The van der Waals surface area contributed by atoms with E-state index in [1.54, 1.807) is 0 Å². The van der Waals surface area contributed by atoms with Crippen molar-refractivity contribution in [3.63, 3.8) is 0 Å². The van der Waals surface area contributed by atoms with E-state index in [0.717, 1.165) is 0 Å². The Hall–Kier alpha value is -1.41. The summed E-state index contributed by atoms with van der Waals surface area (Å²) in [6.45, 7) is 4.37. The van der Waals surface area contributed by atoms with E-state index in [2.05, 4.69) is 48.4 Å². The number of aromatic nitrogens is 1. The number of hydrogen-bond donors (Lipinski definition) is 1. The lowest BCUT2D eigenvalue weighted by Gasteiger charge is -2.26. The molecule has 78 valence electrons. The summed E-state index contributed by atoms with van der Waals surface area (Å²) in [5.74, 6) is 0. The Morgan fingerprint density at radius 1 is 1.20 bits per heavy atom. The number of rotatable bonds is 2. The molecule has 2 heteroatoms. The smallest absolute Gasteiger partial charge is 0.0381 e. The summed E-state index contributed by atoms with van der Waals surface area (Å²) in [6, 6.07) is 8.42. The van der Waals surface area contributed by atoms with Gasteiger partial charge in [-0.25, -0.2) is 0 Å². The Kier molecular flexibility index (Phi) is 2.45. The highest BCUT2D eigenvalue weighted by Gasteiger charge is 2.19. The minimum atomic E-state index is -0.0130. The van der Waals surface area contributed by atoms with Gasteiger partial charge >= 0.3 is 0 Å². The van der Waals surface area contributed by atoms with Crippen molar-refractivity contribution in [1.82, 2.24) is 10.3 Å². The van der Waals surface area contributed by atoms with Crippen molar-refractivity contribution in [2.75, 3.05) is 7.05 Å². The zero-order valence-corrected chi connectivity index (χ0v) is 9.41. The van der Waals surface area contributed by atoms with Gasteiger partial charge in [0.1, 0.15) is 0 Å². The number of benzene rings is 1. The molecule has 2 nitrogen and oxygen atoms in total. The van der Waals surface area contributed by atoms with Gasteiger partial charge in [-0.05, 0) is 37.9 Å². The molecule has 0 fully saturated rings. The fourth-order valence-corrected chi connectivity index (χ4v) is 1.80. The molecule has 0 atom stereocenters. The molecule has 0 unspecified atom stereocenters. The number of nitrogens with zero attached hydrogens (tertiary/aromatic N) is 1. The molecule has 0 aliphatic rings. The molecule has 1 heterocycles. The summed E-state index contributed by atoms with van der Waals surface area (Å²) < 4.78 is 0.